The fourth-order valence-electron chi connectivity index (χ4n) is 2.56. The summed E-state index contributed by atoms with van der Waals surface area (Å²) < 4.78 is 17.0. The van der Waals surface area contributed by atoms with E-state index in [9.17, 15) is 4.79 Å². The van der Waals surface area contributed by atoms with Crippen LogP contribution in [0.1, 0.15) is 49.2 Å². The van der Waals surface area contributed by atoms with Gasteiger partial charge >= 0.3 is 13.1 Å². The van der Waals surface area contributed by atoms with Gasteiger partial charge in [-0.2, -0.15) is 12.6 Å². The average Bonchev–Trinajstić information content (AvgIpc) is 2.75. The zero-order valence-electron chi connectivity index (χ0n) is 15.7. The van der Waals surface area contributed by atoms with Crippen molar-refractivity contribution in [2.45, 2.75) is 45.8 Å². The normalized spacial score (nSPS) is 19.2. The lowest BCUT2D eigenvalue weighted by Crippen LogP contribution is -2.41. The summed E-state index contributed by atoms with van der Waals surface area (Å²) in [5.74, 6) is 0.0422. The lowest BCUT2D eigenvalue weighted by atomic mass is 9.78. The predicted octanol–water partition coefficient (Wildman–Crippen LogP) is 3.31. The Balaban J connectivity index is 2.41. The van der Waals surface area contributed by atoms with Crippen LogP contribution in [-0.4, -0.2) is 37.2 Å². The number of hydrogen-bond acceptors (Lipinski definition) is 6. The minimum absolute atomic E-state index is 0.414. The van der Waals surface area contributed by atoms with Crippen LogP contribution in [0.15, 0.2) is 17.6 Å². The number of thiol groups is 1. The molecule has 7 heteroatoms. The molecular formula is C18H26BNO4S. The molecule has 1 aliphatic heterocycles. The van der Waals surface area contributed by atoms with Gasteiger partial charge in [0.25, 0.3) is 0 Å². The number of esters is 1. The zero-order chi connectivity index (χ0) is 19.0. The van der Waals surface area contributed by atoms with Gasteiger partial charge < -0.3 is 19.8 Å². The van der Waals surface area contributed by atoms with E-state index in [4.69, 9.17) is 19.8 Å². The molecule has 2 rings (SSSR count). The Bertz CT molecular complexity index is 699. The van der Waals surface area contributed by atoms with Crippen LogP contribution < -0.4 is 5.73 Å². The van der Waals surface area contributed by atoms with Crippen LogP contribution in [0.4, 0.5) is 5.69 Å². The number of carbonyl (C=O) groups excluding carboxylic acids is 1. The van der Waals surface area contributed by atoms with E-state index in [0.29, 0.717) is 22.6 Å². The van der Waals surface area contributed by atoms with Gasteiger partial charge in [-0.15, -0.1) is 0 Å². The third kappa shape index (κ3) is 3.88. The van der Waals surface area contributed by atoms with Crippen LogP contribution in [0, 0.1) is 6.92 Å². The van der Waals surface area contributed by atoms with Crippen molar-refractivity contribution in [3.8, 4) is 0 Å². The van der Waals surface area contributed by atoms with Crippen LogP contribution in [0.5, 0.6) is 0 Å². The van der Waals surface area contributed by atoms with Crippen LogP contribution in [0.25, 0.3) is 6.08 Å². The molecular weight excluding hydrogens is 337 g/mol. The second-order valence-electron chi connectivity index (χ2n) is 7.24. The van der Waals surface area contributed by atoms with Crippen molar-refractivity contribution in [1.29, 1.82) is 0 Å². The molecule has 0 unspecified atom stereocenters. The first kappa shape index (κ1) is 19.9. The fourth-order valence-corrected chi connectivity index (χ4v) is 2.80. The van der Waals surface area contributed by atoms with Crippen LogP contribution in [0.3, 0.4) is 0 Å². The molecule has 1 aromatic carbocycles. The van der Waals surface area contributed by atoms with Crippen molar-refractivity contribution < 1.29 is 18.8 Å². The average molecular weight is 363 g/mol. The monoisotopic (exact) mass is 363 g/mol. The van der Waals surface area contributed by atoms with E-state index >= 15 is 0 Å². The Morgan fingerprint density at radius 1 is 1.28 bits per heavy atom. The molecule has 5 nitrogen and oxygen atoms in total. The molecule has 1 saturated heterocycles. The lowest BCUT2D eigenvalue weighted by Gasteiger charge is -2.32. The zero-order valence-corrected chi connectivity index (χ0v) is 16.6. The number of methoxy groups -OCH3 is 1. The highest BCUT2D eigenvalue weighted by Gasteiger charge is 2.52. The minimum Gasteiger partial charge on any atom is -0.465 e. The van der Waals surface area contributed by atoms with Crippen molar-refractivity contribution in [1.82, 2.24) is 0 Å². The van der Waals surface area contributed by atoms with Crippen LogP contribution in [-0.2, 0) is 14.0 Å². The Morgan fingerprint density at radius 2 is 1.84 bits per heavy atom. The fraction of sp³-hybridized carbons (Fsp3) is 0.500. The summed E-state index contributed by atoms with van der Waals surface area (Å²) in [5, 5.41) is 0. The van der Waals surface area contributed by atoms with Gasteiger partial charge in [0.1, 0.15) is 0 Å². The van der Waals surface area contributed by atoms with Gasteiger partial charge in [-0.3, -0.25) is 0 Å². The predicted molar refractivity (Wildman–Crippen MR) is 105 cm³/mol. The summed E-state index contributed by atoms with van der Waals surface area (Å²) in [6, 6.07) is 3.57. The van der Waals surface area contributed by atoms with Gasteiger partial charge in [0.05, 0.1) is 23.9 Å². The van der Waals surface area contributed by atoms with Crippen molar-refractivity contribution >= 4 is 37.5 Å². The molecule has 25 heavy (non-hydrogen) atoms. The van der Waals surface area contributed by atoms with Crippen molar-refractivity contribution in [3.63, 3.8) is 0 Å². The molecule has 0 radical (unpaired) electrons. The number of rotatable bonds is 4. The molecule has 2 N–H and O–H groups in total. The molecule has 1 aromatic rings. The van der Waals surface area contributed by atoms with E-state index in [2.05, 4.69) is 12.6 Å². The third-order valence-corrected chi connectivity index (χ3v) is 5.33. The molecule has 0 aromatic heterocycles. The summed E-state index contributed by atoms with van der Waals surface area (Å²) in [7, 11) is 0.857. The molecule has 1 heterocycles. The third-order valence-electron chi connectivity index (χ3n) is 4.97. The highest BCUT2D eigenvalue weighted by Crippen LogP contribution is 2.39. The summed E-state index contributed by atoms with van der Waals surface area (Å²) in [6.45, 7) is 9.80. The van der Waals surface area contributed by atoms with E-state index in [1.54, 1.807) is 13.0 Å². The van der Waals surface area contributed by atoms with Crippen molar-refractivity contribution in [3.05, 3.63) is 34.3 Å². The topological polar surface area (TPSA) is 70.8 Å². The second-order valence-corrected chi connectivity index (χ2v) is 7.56. The van der Waals surface area contributed by atoms with E-state index < -0.39 is 24.3 Å². The van der Waals surface area contributed by atoms with Gasteiger partial charge in [0, 0.05) is 11.4 Å². The SMILES string of the molecule is COC(=O)c1cc(C=C(CS)B2OC(C)(C)C(C)(C)O2)cc(N)c1C. The Kier molecular flexibility index (Phi) is 5.61. The molecule has 136 valence electrons. The van der Waals surface area contributed by atoms with Crippen LogP contribution >= 0.6 is 12.6 Å². The minimum atomic E-state index is -0.494. The van der Waals surface area contributed by atoms with Crippen molar-refractivity contribution in [2.24, 2.45) is 0 Å². The van der Waals surface area contributed by atoms with E-state index in [0.717, 1.165) is 11.0 Å². The number of nitrogens with two attached hydrogens (primary N) is 1. The lowest BCUT2D eigenvalue weighted by molar-refractivity contribution is 0.00578. The standard InChI is InChI=1S/C18H26BNO4S/c1-11-14(16(21)22-6)8-12(9-15(11)20)7-13(10-25)19-23-17(2,3)18(4,5)24-19/h7-9,25H,10,20H2,1-6H3. The van der Waals surface area contributed by atoms with Gasteiger partial charge in [-0.05, 0) is 63.4 Å². The van der Waals surface area contributed by atoms with E-state index in [1.807, 2.05) is 39.8 Å². The molecule has 1 aliphatic rings. The van der Waals surface area contributed by atoms with Gasteiger partial charge in [-0.1, -0.05) is 6.08 Å². The maximum Gasteiger partial charge on any atom is 0.491 e. The highest BCUT2D eigenvalue weighted by atomic mass is 32.1. The smallest absolute Gasteiger partial charge is 0.465 e. The number of ether oxygens (including phenoxy) is 1. The number of benzene rings is 1. The Morgan fingerprint density at radius 3 is 2.32 bits per heavy atom. The summed E-state index contributed by atoms with van der Waals surface area (Å²) >= 11 is 4.41. The first-order valence-corrected chi connectivity index (χ1v) is 8.81. The maximum atomic E-state index is 12.0. The molecule has 1 fully saturated rings. The molecule has 0 spiro atoms. The molecule has 0 amide bonds. The summed E-state index contributed by atoms with van der Waals surface area (Å²) in [4.78, 5) is 12.0. The Labute approximate surface area is 155 Å². The molecule has 0 atom stereocenters. The summed E-state index contributed by atoms with van der Waals surface area (Å²) in [5.41, 5.74) is 8.52. The van der Waals surface area contributed by atoms with E-state index in [-0.39, 0.29) is 0 Å². The van der Waals surface area contributed by atoms with Gasteiger partial charge in [0.2, 0.25) is 0 Å². The highest BCUT2D eigenvalue weighted by molar-refractivity contribution is 7.80. The molecule has 0 aliphatic carbocycles. The first-order valence-electron chi connectivity index (χ1n) is 8.18. The largest absolute Gasteiger partial charge is 0.491 e. The first-order chi connectivity index (χ1) is 11.5. The van der Waals surface area contributed by atoms with E-state index in [1.165, 1.54) is 7.11 Å². The van der Waals surface area contributed by atoms with Crippen molar-refractivity contribution in [2.75, 3.05) is 18.6 Å². The number of carbonyl (C=O) groups is 1. The molecule has 0 saturated carbocycles. The maximum absolute atomic E-state index is 12.0. The molecule has 0 bridgehead atoms. The number of hydrogen-bond donors (Lipinski definition) is 2. The second kappa shape index (κ2) is 7.06. The number of nitrogen functional groups attached to an aromatic ring is 1. The van der Waals surface area contributed by atoms with Gasteiger partial charge in [-0.25, -0.2) is 4.79 Å². The van der Waals surface area contributed by atoms with Gasteiger partial charge in [0.15, 0.2) is 0 Å². The quantitative estimate of drug-likeness (QED) is 0.372. The number of anilines is 1. The Hall–Kier alpha value is -1.44. The summed E-state index contributed by atoms with van der Waals surface area (Å²) in [6.07, 6.45) is 1.90. The van der Waals surface area contributed by atoms with Crippen LogP contribution in [0.2, 0.25) is 0 Å².